The number of rotatable bonds is 1. The van der Waals surface area contributed by atoms with Crippen LogP contribution in [-0.2, 0) is 0 Å². The first-order chi connectivity index (χ1) is 5.77. The van der Waals surface area contributed by atoms with Gasteiger partial charge in [0.1, 0.15) is 0 Å². The van der Waals surface area contributed by atoms with Gasteiger partial charge in [0.05, 0.1) is 0 Å². The molecule has 0 fully saturated rings. The van der Waals surface area contributed by atoms with Crippen LogP contribution in [0.4, 0.5) is 0 Å². The fraction of sp³-hybridized carbons (Fsp3) is 0.444. The molecule has 1 aromatic heterocycles. The van der Waals surface area contributed by atoms with Crippen LogP contribution >= 0.6 is 11.3 Å². The van der Waals surface area contributed by atoms with Crippen molar-refractivity contribution in [2.75, 3.05) is 0 Å². The molecular weight excluding hydrogens is 165 g/mol. The van der Waals surface area contributed by atoms with Crippen molar-refractivity contribution in [1.29, 1.82) is 0 Å². The van der Waals surface area contributed by atoms with E-state index in [-0.39, 0.29) is 0 Å². The molecule has 2 heterocycles. The number of hydrogen-bond donors (Lipinski definition) is 0. The second kappa shape index (κ2) is 3.06. The van der Waals surface area contributed by atoms with E-state index in [0.717, 1.165) is 6.32 Å². The Hall–Kier alpha value is -0.565. The molecule has 1 unspecified atom stereocenters. The molecule has 2 rings (SSSR count). The largest absolute Gasteiger partial charge is 0.359 e. The Bertz CT molecular complexity index is 316. The second-order valence-corrected chi connectivity index (χ2v) is 4.52. The van der Waals surface area contributed by atoms with Crippen molar-refractivity contribution in [3.8, 4) is 0 Å². The lowest BCUT2D eigenvalue weighted by molar-refractivity contribution is 1.07. The van der Waals surface area contributed by atoms with Crippen LogP contribution in [0.3, 0.4) is 0 Å². The van der Waals surface area contributed by atoms with Crippen molar-refractivity contribution >= 4 is 25.0 Å². The van der Waals surface area contributed by atoms with Gasteiger partial charge in [-0.3, -0.25) is 0 Å². The summed E-state index contributed by atoms with van der Waals surface area (Å²) in [6.07, 6.45) is 3.14. The minimum absolute atomic E-state index is 0.559. The van der Waals surface area contributed by atoms with Crippen molar-refractivity contribution < 1.29 is 0 Å². The van der Waals surface area contributed by atoms with Crippen LogP contribution in [0.1, 0.15) is 21.2 Å². The topological polar surface area (TPSA) is 12.4 Å². The maximum Gasteiger partial charge on any atom is 0.275 e. The molecule has 1 atom stereocenters. The Balaban J connectivity index is 2.32. The summed E-state index contributed by atoms with van der Waals surface area (Å²) in [7, 11) is 2.00. The zero-order valence-electron chi connectivity index (χ0n) is 7.37. The molecule has 0 aliphatic carbocycles. The Morgan fingerprint density at radius 3 is 2.92 bits per heavy atom. The summed E-state index contributed by atoms with van der Waals surface area (Å²) >= 11 is 1.90. The minimum atomic E-state index is 0.559. The fourth-order valence-corrected chi connectivity index (χ4v) is 2.71. The zero-order chi connectivity index (χ0) is 8.55. The van der Waals surface area contributed by atoms with Crippen LogP contribution in [0, 0.1) is 13.8 Å². The first-order valence-electron chi connectivity index (χ1n) is 4.19. The van der Waals surface area contributed by atoms with Crippen LogP contribution in [-0.4, -0.2) is 13.6 Å². The van der Waals surface area contributed by atoms with Crippen molar-refractivity contribution in [2.24, 2.45) is 4.90 Å². The molecule has 0 saturated heterocycles. The van der Waals surface area contributed by atoms with Crippen LogP contribution in [0.25, 0.3) is 0 Å². The summed E-state index contributed by atoms with van der Waals surface area (Å²) in [4.78, 5) is 7.04. The van der Waals surface area contributed by atoms with Crippen molar-refractivity contribution in [1.82, 2.24) is 0 Å². The predicted molar refractivity (Wildman–Crippen MR) is 55.6 cm³/mol. The van der Waals surface area contributed by atoms with Gasteiger partial charge in [0, 0.05) is 15.7 Å². The van der Waals surface area contributed by atoms with Gasteiger partial charge in [-0.15, -0.1) is 11.3 Å². The van der Waals surface area contributed by atoms with Crippen LogP contribution in [0.15, 0.2) is 11.0 Å². The monoisotopic (exact) mass is 176 g/mol. The van der Waals surface area contributed by atoms with Gasteiger partial charge in [-0.2, -0.15) is 0 Å². The molecule has 0 bridgehead atoms. The third-order valence-corrected chi connectivity index (χ3v) is 3.43. The van der Waals surface area contributed by atoms with Crippen LogP contribution in [0.2, 0.25) is 6.32 Å². The van der Waals surface area contributed by atoms with E-state index in [1.807, 2.05) is 18.8 Å². The molecule has 1 aliphatic rings. The number of nitrogens with zero attached hydrogens (tertiary/aromatic N) is 1. The SMILES string of the molecule is Cc1cc(C)c(C2C=N[B]C2)s1. The number of hydrogen-bond acceptors (Lipinski definition) is 2. The Morgan fingerprint density at radius 1 is 1.58 bits per heavy atom. The number of aryl methyl sites for hydroxylation is 2. The van der Waals surface area contributed by atoms with Crippen molar-refractivity contribution in [2.45, 2.75) is 26.1 Å². The smallest absolute Gasteiger partial charge is 0.275 e. The molecule has 1 aliphatic heterocycles. The lowest BCUT2D eigenvalue weighted by Gasteiger charge is -2.03. The Labute approximate surface area is 77.8 Å². The van der Waals surface area contributed by atoms with Gasteiger partial charge in [-0.25, -0.2) is 0 Å². The summed E-state index contributed by atoms with van der Waals surface area (Å²) in [5, 5.41) is 0. The molecule has 0 amide bonds. The summed E-state index contributed by atoms with van der Waals surface area (Å²) in [5.74, 6) is 0.559. The number of thiophene rings is 1. The average molecular weight is 176 g/mol. The summed E-state index contributed by atoms with van der Waals surface area (Å²) in [5.41, 5.74) is 1.42. The highest BCUT2D eigenvalue weighted by molar-refractivity contribution is 7.12. The highest BCUT2D eigenvalue weighted by Gasteiger charge is 2.17. The highest BCUT2D eigenvalue weighted by Crippen LogP contribution is 2.31. The van der Waals surface area contributed by atoms with Gasteiger partial charge in [0.25, 0.3) is 7.41 Å². The maximum atomic E-state index is 4.15. The molecule has 1 aromatic rings. The van der Waals surface area contributed by atoms with E-state index in [1.54, 1.807) is 0 Å². The molecule has 0 aromatic carbocycles. The first kappa shape index (κ1) is 8.05. The van der Waals surface area contributed by atoms with E-state index in [1.165, 1.54) is 15.3 Å². The lowest BCUT2D eigenvalue weighted by atomic mass is 9.85. The van der Waals surface area contributed by atoms with Gasteiger partial charge >= 0.3 is 0 Å². The summed E-state index contributed by atoms with van der Waals surface area (Å²) in [6, 6.07) is 2.26. The van der Waals surface area contributed by atoms with E-state index >= 15 is 0 Å². The van der Waals surface area contributed by atoms with Gasteiger partial charge in [-0.05, 0) is 38.0 Å². The van der Waals surface area contributed by atoms with Crippen molar-refractivity contribution in [3.63, 3.8) is 0 Å². The van der Waals surface area contributed by atoms with Gasteiger partial charge in [-0.1, -0.05) is 0 Å². The zero-order valence-corrected chi connectivity index (χ0v) is 8.19. The van der Waals surface area contributed by atoms with Gasteiger partial charge < -0.3 is 4.90 Å². The standard InChI is InChI=1S/C9H11BNS/c1-6-3-7(2)12-9(6)8-4-10-11-5-8/h3,5,8H,4H2,1-2H3. The highest BCUT2D eigenvalue weighted by atomic mass is 32.1. The summed E-state index contributed by atoms with van der Waals surface area (Å²) in [6.45, 7) is 4.35. The van der Waals surface area contributed by atoms with E-state index < -0.39 is 0 Å². The summed E-state index contributed by atoms with van der Waals surface area (Å²) < 4.78 is 0. The molecule has 12 heavy (non-hydrogen) atoms. The Kier molecular flexibility index (Phi) is 2.05. The van der Waals surface area contributed by atoms with Crippen LogP contribution in [0.5, 0.6) is 0 Å². The molecule has 61 valence electrons. The maximum absolute atomic E-state index is 4.15. The molecule has 0 N–H and O–H groups in total. The van der Waals surface area contributed by atoms with E-state index in [0.29, 0.717) is 5.92 Å². The van der Waals surface area contributed by atoms with E-state index in [4.69, 9.17) is 0 Å². The normalized spacial score (nSPS) is 21.3. The minimum Gasteiger partial charge on any atom is -0.359 e. The van der Waals surface area contributed by atoms with Crippen LogP contribution < -0.4 is 0 Å². The molecule has 3 heteroatoms. The first-order valence-corrected chi connectivity index (χ1v) is 5.01. The predicted octanol–water partition coefficient (Wildman–Crippen LogP) is 2.57. The van der Waals surface area contributed by atoms with Gasteiger partial charge in [0.15, 0.2) is 0 Å². The molecule has 1 nitrogen and oxygen atoms in total. The van der Waals surface area contributed by atoms with Crippen molar-refractivity contribution in [3.05, 3.63) is 21.4 Å². The van der Waals surface area contributed by atoms with E-state index in [2.05, 4.69) is 31.0 Å². The van der Waals surface area contributed by atoms with Gasteiger partial charge in [0.2, 0.25) is 0 Å². The second-order valence-electron chi connectivity index (χ2n) is 3.23. The fourth-order valence-electron chi connectivity index (χ4n) is 1.60. The quantitative estimate of drug-likeness (QED) is 0.583. The third-order valence-electron chi connectivity index (χ3n) is 2.15. The average Bonchev–Trinajstić information content (AvgIpc) is 2.58. The van der Waals surface area contributed by atoms with E-state index in [9.17, 15) is 0 Å². The Morgan fingerprint density at radius 2 is 2.42 bits per heavy atom. The molecular formula is C9H11BNS. The molecule has 0 saturated carbocycles. The third kappa shape index (κ3) is 1.33. The molecule has 0 spiro atoms. The lowest BCUT2D eigenvalue weighted by Crippen LogP contribution is -1.93. The molecule has 1 radical (unpaired) electrons.